The number of carbonyl (C=O) groups excluding carboxylic acids is 2. The highest BCUT2D eigenvalue weighted by molar-refractivity contribution is 5.95. The second kappa shape index (κ2) is 6.76. The molecule has 0 saturated carbocycles. The van der Waals surface area contributed by atoms with Crippen molar-refractivity contribution in [1.29, 1.82) is 0 Å². The lowest BCUT2D eigenvalue weighted by Gasteiger charge is -2.47. The minimum atomic E-state index is -0.265. The van der Waals surface area contributed by atoms with Crippen molar-refractivity contribution in [1.82, 2.24) is 4.90 Å². The lowest BCUT2D eigenvalue weighted by atomic mass is 9.62. The van der Waals surface area contributed by atoms with Crippen molar-refractivity contribution >= 4 is 11.6 Å². The standard InChI is InChI=1S/C20H25NO5/c1-10(22)7-13-11-5-6-15(23)20(25)18(11)12-8-16(24)17(26-4)9-14(12)19(13)21(2)3/h5-6,9,12-14,19,23,25H,7-8H2,1-4H3/t12?,13-,14?,19+/m1/s1. The zero-order chi connectivity index (χ0) is 19.2. The highest BCUT2D eigenvalue weighted by Crippen LogP contribution is 2.54. The van der Waals surface area contributed by atoms with E-state index in [0.717, 1.165) is 5.56 Å². The quantitative estimate of drug-likeness (QED) is 0.802. The largest absolute Gasteiger partial charge is 0.504 e. The number of Topliss-reactive ketones (excluding diaryl/α,β-unsaturated/α-hetero) is 2. The summed E-state index contributed by atoms with van der Waals surface area (Å²) in [6.07, 6.45) is 2.35. The van der Waals surface area contributed by atoms with Gasteiger partial charge >= 0.3 is 0 Å². The molecule has 2 aliphatic rings. The second-order valence-electron chi connectivity index (χ2n) is 7.45. The molecule has 0 heterocycles. The fourth-order valence-corrected chi connectivity index (χ4v) is 4.66. The summed E-state index contributed by atoms with van der Waals surface area (Å²) in [7, 11) is 5.38. The van der Waals surface area contributed by atoms with Gasteiger partial charge in [-0.1, -0.05) is 6.07 Å². The lowest BCUT2D eigenvalue weighted by molar-refractivity contribution is -0.121. The number of phenols is 2. The normalized spacial score (nSPS) is 27.6. The fourth-order valence-electron chi connectivity index (χ4n) is 4.66. The first-order valence-corrected chi connectivity index (χ1v) is 8.75. The first kappa shape index (κ1) is 18.5. The van der Waals surface area contributed by atoms with Crippen LogP contribution in [0.4, 0.5) is 0 Å². The van der Waals surface area contributed by atoms with E-state index >= 15 is 0 Å². The molecule has 0 amide bonds. The van der Waals surface area contributed by atoms with Crippen molar-refractivity contribution < 1.29 is 24.5 Å². The van der Waals surface area contributed by atoms with Crippen molar-refractivity contribution in [3.8, 4) is 11.5 Å². The van der Waals surface area contributed by atoms with Gasteiger partial charge in [0.25, 0.3) is 0 Å². The van der Waals surface area contributed by atoms with Crippen LogP contribution in [0.15, 0.2) is 24.0 Å². The van der Waals surface area contributed by atoms with Crippen LogP contribution in [0.5, 0.6) is 11.5 Å². The predicted octanol–water partition coefficient (Wildman–Crippen LogP) is 2.31. The molecule has 2 aliphatic carbocycles. The van der Waals surface area contributed by atoms with Crippen molar-refractivity contribution in [3.05, 3.63) is 35.1 Å². The van der Waals surface area contributed by atoms with Crippen molar-refractivity contribution in [2.75, 3.05) is 21.2 Å². The molecule has 0 aliphatic heterocycles. The van der Waals surface area contributed by atoms with Gasteiger partial charge in [-0.3, -0.25) is 4.79 Å². The molecule has 26 heavy (non-hydrogen) atoms. The van der Waals surface area contributed by atoms with Crippen LogP contribution in [0.3, 0.4) is 0 Å². The first-order valence-electron chi connectivity index (χ1n) is 8.75. The molecule has 140 valence electrons. The summed E-state index contributed by atoms with van der Waals surface area (Å²) in [6, 6.07) is 3.19. The molecule has 0 fully saturated rings. The van der Waals surface area contributed by atoms with Gasteiger partial charge < -0.3 is 24.6 Å². The molecule has 6 heteroatoms. The summed E-state index contributed by atoms with van der Waals surface area (Å²) in [4.78, 5) is 26.4. The van der Waals surface area contributed by atoms with Gasteiger partial charge in [0, 0.05) is 42.2 Å². The number of ketones is 2. The Morgan fingerprint density at radius 2 is 2.00 bits per heavy atom. The molecule has 1 aromatic rings. The number of methoxy groups -OCH3 is 1. The lowest BCUT2D eigenvalue weighted by Crippen LogP contribution is -2.48. The van der Waals surface area contributed by atoms with Gasteiger partial charge in [-0.25, -0.2) is 0 Å². The number of aromatic hydroxyl groups is 2. The third-order valence-electron chi connectivity index (χ3n) is 5.62. The number of carbonyl (C=O) groups is 2. The predicted molar refractivity (Wildman–Crippen MR) is 96.2 cm³/mol. The van der Waals surface area contributed by atoms with Crippen LogP contribution in [-0.4, -0.2) is 53.9 Å². The molecule has 2 unspecified atom stereocenters. The van der Waals surface area contributed by atoms with Crippen LogP contribution in [0, 0.1) is 5.92 Å². The molecule has 0 bridgehead atoms. The third-order valence-corrected chi connectivity index (χ3v) is 5.62. The Labute approximate surface area is 153 Å². The minimum absolute atomic E-state index is 0.0291. The maximum atomic E-state index is 12.4. The number of hydrogen-bond acceptors (Lipinski definition) is 6. The van der Waals surface area contributed by atoms with Gasteiger partial charge in [-0.15, -0.1) is 0 Å². The van der Waals surface area contributed by atoms with E-state index in [2.05, 4.69) is 4.90 Å². The SMILES string of the molecule is COC1=CC2C(CC1=O)c1c(ccc(O)c1O)[C@@H](CC(C)=O)[C@@H]2N(C)C. The van der Waals surface area contributed by atoms with Gasteiger partial charge in [0.1, 0.15) is 5.78 Å². The number of rotatable bonds is 4. The summed E-state index contributed by atoms with van der Waals surface area (Å²) < 4.78 is 5.25. The molecular formula is C20H25NO5. The molecular weight excluding hydrogens is 334 g/mol. The molecule has 4 atom stereocenters. The smallest absolute Gasteiger partial charge is 0.197 e. The van der Waals surface area contributed by atoms with Crippen LogP contribution in [0.1, 0.15) is 42.7 Å². The molecule has 0 aromatic heterocycles. The molecule has 0 spiro atoms. The van der Waals surface area contributed by atoms with Crippen molar-refractivity contribution in [2.45, 2.75) is 37.6 Å². The number of benzene rings is 1. The van der Waals surface area contributed by atoms with Crippen molar-refractivity contribution in [3.63, 3.8) is 0 Å². The van der Waals surface area contributed by atoms with E-state index in [0.29, 0.717) is 17.7 Å². The van der Waals surface area contributed by atoms with E-state index in [9.17, 15) is 19.8 Å². The summed E-state index contributed by atoms with van der Waals surface area (Å²) in [5.41, 5.74) is 1.41. The number of nitrogens with zero attached hydrogens (tertiary/aromatic N) is 1. The Morgan fingerprint density at radius 1 is 1.31 bits per heavy atom. The topological polar surface area (TPSA) is 87.1 Å². The Bertz CT molecular complexity index is 783. The summed E-state index contributed by atoms with van der Waals surface area (Å²) in [5.74, 6) is -0.657. The number of allylic oxidation sites excluding steroid dienone is 1. The zero-order valence-electron chi connectivity index (χ0n) is 15.5. The molecule has 6 nitrogen and oxygen atoms in total. The van der Waals surface area contributed by atoms with Crippen LogP contribution in [0.25, 0.3) is 0 Å². The van der Waals surface area contributed by atoms with Crippen LogP contribution in [0.2, 0.25) is 0 Å². The van der Waals surface area contributed by atoms with Gasteiger partial charge in [0.15, 0.2) is 23.0 Å². The average molecular weight is 359 g/mol. The van der Waals surface area contributed by atoms with E-state index in [1.165, 1.54) is 13.2 Å². The maximum Gasteiger partial charge on any atom is 0.197 e. The Hall–Kier alpha value is -2.34. The number of likely N-dealkylation sites (N-methyl/N-ethyl adjacent to an activating group) is 1. The second-order valence-corrected chi connectivity index (χ2v) is 7.45. The van der Waals surface area contributed by atoms with Crippen LogP contribution in [-0.2, 0) is 14.3 Å². The number of hydrogen-bond donors (Lipinski definition) is 2. The van der Waals surface area contributed by atoms with Gasteiger partial charge in [0.2, 0.25) is 0 Å². The molecule has 0 saturated heterocycles. The average Bonchev–Trinajstić information content (AvgIpc) is 2.56. The Kier molecular flexibility index (Phi) is 4.80. The van der Waals surface area contributed by atoms with E-state index in [4.69, 9.17) is 4.74 Å². The Balaban J connectivity index is 2.25. The van der Waals surface area contributed by atoms with Gasteiger partial charge in [-0.05, 0) is 38.7 Å². The molecule has 2 N–H and O–H groups in total. The summed E-state index contributed by atoms with van der Waals surface area (Å²) >= 11 is 0. The highest BCUT2D eigenvalue weighted by atomic mass is 16.5. The third kappa shape index (κ3) is 2.88. The van der Waals surface area contributed by atoms with E-state index in [1.54, 1.807) is 13.0 Å². The number of phenolic OH excluding ortho intramolecular Hbond substituents is 2. The molecule has 1 aromatic carbocycles. The summed E-state index contributed by atoms with van der Waals surface area (Å²) in [6.45, 7) is 1.56. The van der Waals surface area contributed by atoms with E-state index in [1.807, 2.05) is 20.2 Å². The van der Waals surface area contributed by atoms with Crippen molar-refractivity contribution in [2.24, 2.45) is 5.92 Å². The van der Waals surface area contributed by atoms with Gasteiger partial charge in [0.05, 0.1) is 7.11 Å². The van der Waals surface area contributed by atoms with Crippen LogP contribution >= 0.6 is 0 Å². The van der Waals surface area contributed by atoms with E-state index in [-0.39, 0.29) is 53.3 Å². The van der Waals surface area contributed by atoms with E-state index < -0.39 is 0 Å². The Morgan fingerprint density at radius 3 is 2.58 bits per heavy atom. The number of ether oxygens (including phenoxy) is 1. The maximum absolute atomic E-state index is 12.4. The van der Waals surface area contributed by atoms with Crippen LogP contribution < -0.4 is 0 Å². The fraction of sp³-hybridized carbons (Fsp3) is 0.500. The zero-order valence-corrected chi connectivity index (χ0v) is 15.5. The monoisotopic (exact) mass is 359 g/mol. The van der Waals surface area contributed by atoms with Gasteiger partial charge in [-0.2, -0.15) is 0 Å². The molecule has 0 radical (unpaired) electrons. The molecule has 3 rings (SSSR count). The highest BCUT2D eigenvalue weighted by Gasteiger charge is 2.47. The minimum Gasteiger partial charge on any atom is -0.504 e. The number of fused-ring (bicyclic) bond motifs is 3. The summed E-state index contributed by atoms with van der Waals surface area (Å²) in [5, 5.41) is 20.6. The first-order chi connectivity index (χ1) is 12.3.